The van der Waals surface area contributed by atoms with E-state index in [0.717, 1.165) is 35.4 Å². The summed E-state index contributed by atoms with van der Waals surface area (Å²) in [7, 11) is 0. The molecular weight excluding hydrogens is 629 g/mol. The maximum absolute atomic E-state index is 5.37. The summed E-state index contributed by atoms with van der Waals surface area (Å²) in [6, 6.07) is 48.9. The minimum atomic E-state index is -0.0256. The molecular formula is C50H36N2. The van der Waals surface area contributed by atoms with Crippen molar-refractivity contribution in [3.63, 3.8) is 0 Å². The van der Waals surface area contributed by atoms with E-state index in [1.165, 1.54) is 66.1 Å². The van der Waals surface area contributed by atoms with Crippen LogP contribution in [0.2, 0.25) is 0 Å². The van der Waals surface area contributed by atoms with Crippen LogP contribution in [0.4, 0.5) is 0 Å². The van der Waals surface area contributed by atoms with Crippen molar-refractivity contribution in [3.8, 4) is 33.4 Å². The fourth-order valence-electron chi connectivity index (χ4n) is 8.32. The molecule has 6 aromatic carbocycles. The predicted molar refractivity (Wildman–Crippen MR) is 219 cm³/mol. The number of aromatic nitrogens is 1. The van der Waals surface area contributed by atoms with Crippen LogP contribution >= 0.6 is 0 Å². The number of aliphatic imine (C=N–C) groups is 1. The van der Waals surface area contributed by atoms with Gasteiger partial charge in [-0.2, -0.15) is 0 Å². The molecule has 0 radical (unpaired) electrons. The molecule has 2 heteroatoms. The van der Waals surface area contributed by atoms with Gasteiger partial charge in [-0.15, -0.1) is 0 Å². The van der Waals surface area contributed by atoms with Crippen molar-refractivity contribution in [2.24, 2.45) is 10.9 Å². The van der Waals surface area contributed by atoms with Gasteiger partial charge in [0.15, 0.2) is 0 Å². The van der Waals surface area contributed by atoms with E-state index in [9.17, 15) is 0 Å². The van der Waals surface area contributed by atoms with E-state index in [4.69, 9.17) is 9.98 Å². The molecule has 0 fully saturated rings. The third kappa shape index (κ3) is 5.27. The van der Waals surface area contributed by atoms with Crippen molar-refractivity contribution in [3.05, 3.63) is 198 Å². The Labute approximate surface area is 304 Å². The maximum Gasteiger partial charge on any atom is 0.103 e. The zero-order valence-electron chi connectivity index (χ0n) is 28.8. The Morgan fingerprint density at radius 2 is 1.15 bits per heavy atom. The van der Waals surface area contributed by atoms with Crippen LogP contribution in [-0.2, 0) is 0 Å². The molecule has 10 rings (SSSR count). The average Bonchev–Trinajstić information content (AvgIpc) is 3.23. The Morgan fingerprint density at radius 3 is 1.90 bits per heavy atom. The van der Waals surface area contributed by atoms with E-state index < -0.39 is 0 Å². The van der Waals surface area contributed by atoms with E-state index in [2.05, 4.69) is 170 Å². The summed E-state index contributed by atoms with van der Waals surface area (Å²) < 4.78 is 0. The first kappa shape index (κ1) is 30.4. The summed E-state index contributed by atoms with van der Waals surface area (Å²) >= 11 is 0. The molecule has 2 atom stereocenters. The number of rotatable bonds is 5. The van der Waals surface area contributed by atoms with Crippen molar-refractivity contribution in [2.45, 2.75) is 18.9 Å². The molecule has 52 heavy (non-hydrogen) atoms. The molecule has 2 heterocycles. The van der Waals surface area contributed by atoms with E-state index >= 15 is 0 Å². The Hall–Kier alpha value is -6.38. The molecule has 1 aromatic heterocycles. The first-order valence-electron chi connectivity index (χ1n) is 18.3. The van der Waals surface area contributed by atoms with Gasteiger partial charge in [0.25, 0.3) is 0 Å². The molecule has 0 spiro atoms. The lowest BCUT2D eigenvalue weighted by Gasteiger charge is -2.27. The number of dihydropyridines is 1. The van der Waals surface area contributed by atoms with Gasteiger partial charge in [0.1, 0.15) is 6.04 Å². The summed E-state index contributed by atoms with van der Waals surface area (Å²) in [6.07, 6.45) is 19.7. The number of pyridine rings is 1. The van der Waals surface area contributed by atoms with Crippen molar-refractivity contribution in [1.29, 1.82) is 0 Å². The van der Waals surface area contributed by atoms with Crippen molar-refractivity contribution in [2.75, 3.05) is 0 Å². The topological polar surface area (TPSA) is 25.2 Å². The standard InChI is InChI=1S/C50H36N2/c1-3-10-33(11-4-1)35-17-21-37(22-18-35)47-42-15-7-8-16-43(42)48(38-23-19-36(20-24-38)34-12-5-2-6-13-34)45-32-41(27-29-44(45)47)46-30-28-40-26-25-39-14-9-31-51-49(39)50(40)52-46/h1-3,5-10,12-32,40,50H,4,11H2. The first-order valence-corrected chi connectivity index (χ1v) is 18.3. The van der Waals surface area contributed by atoms with Crippen molar-refractivity contribution < 1.29 is 0 Å². The van der Waals surface area contributed by atoms with Gasteiger partial charge in [0.05, 0.1) is 11.4 Å². The van der Waals surface area contributed by atoms with E-state index in [-0.39, 0.29) is 12.0 Å². The van der Waals surface area contributed by atoms with Gasteiger partial charge in [-0.1, -0.05) is 158 Å². The summed E-state index contributed by atoms with van der Waals surface area (Å²) in [6.45, 7) is 0. The smallest absolute Gasteiger partial charge is 0.103 e. The minimum Gasteiger partial charge on any atom is -0.274 e. The second kappa shape index (κ2) is 12.7. The molecule has 3 aliphatic rings. The van der Waals surface area contributed by atoms with E-state index in [0.29, 0.717) is 0 Å². The quantitative estimate of drug-likeness (QED) is 0.168. The van der Waals surface area contributed by atoms with Crippen LogP contribution in [0, 0.1) is 5.92 Å². The zero-order chi connectivity index (χ0) is 34.4. The van der Waals surface area contributed by atoms with Crippen LogP contribution in [0.25, 0.3) is 66.6 Å². The molecule has 0 amide bonds. The molecule has 2 unspecified atom stereocenters. The minimum absolute atomic E-state index is 0.0256. The Kier molecular flexibility index (Phi) is 7.46. The highest BCUT2D eigenvalue weighted by Crippen LogP contribution is 2.45. The summed E-state index contributed by atoms with van der Waals surface area (Å²) in [5.41, 5.74) is 14.4. The van der Waals surface area contributed by atoms with Crippen LogP contribution in [0.5, 0.6) is 0 Å². The Balaban J connectivity index is 1.18. The number of hydrogen-bond donors (Lipinski definition) is 0. The third-order valence-corrected chi connectivity index (χ3v) is 10.9. The van der Waals surface area contributed by atoms with Crippen LogP contribution in [-0.4, -0.2) is 10.7 Å². The summed E-state index contributed by atoms with van der Waals surface area (Å²) in [5.74, 6) is 0.212. The van der Waals surface area contributed by atoms with Gasteiger partial charge in [0, 0.05) is 17.7 Å². The highest BCUT2D eigenvalue weighted by atomic mass is 14.9. The highest BCUT2D eigenvalue weighted by molar-refractivity contribution is 6.23. The van der Waals surface area contributed by atoms with Gasteiger partial charge in [-0.3, -0.25) is 9.98 Å². The number of hydrogen-bond acceptors (Lipinski definition) is 2. The molecule has 2 aliphatic carbocycles. The third-order valence-electron chi connectivity index (χ3n) is 10.9. The fourth-order valence-corrected chi connectivity index (χ4v) is 8.32. The maximum atomic E-state index is 5.37. The molecule has 1 aliphatic heterocycles. The zero-order valence-corrected chi connectivity index (χ0v) is 28.8. The van der Waals surface area contributed by atoms with E-state index in [1.807, 2.05) is 12.3 Å². The predicted octanol–water partition coefficient (Wildman–Crippen LogP) is 12.9. The van der Waals surface area contributed by atoms with Crippen LogP contribution in [0.1, 0.15) is 41.3 Å². The molecule has 2 nitrogen and oxygen atoms in total. The second-order valence-corrected chi connectivity index (χ2v) is 14.0. The number of benzene rings is 6. The average molecular weight is 665 g/mol. The Bertz CT molecular complexity index is 2650. The summed E-state index contributed by atoms with van der Waals surface area (Å²) in [5, 5.41) is 4.97. The lowest BCUT2D eigenvalue weighted by atomic mass is 9.83. The second-order valence-electron chi connectivity index (χ2n) is 14.0. The van der Waals surface area contributed by atoms with Gasteiger partial charge >= 0.3 is 0 Å². The number of nitrogens with zero attached hydrogens (tertiary/aromatic N) is 2. The molecule has 0 bridgehead atoms. The van der Waals surface area contributed by atoms with Crippen molar-refractivity contribution in [1.82, 2.24) is 4.98 Å². The van der Waals surface area contributed by atoms with Crippen LogP contribution in [0.15, 0.2) is 181 Å². The van der Waals surface area contributed by atoms with Gasteiger partial charge in [0.2, 0.25) is 0 Å². The summed E-state index contributed by atoms with van der Waals surface area (Å²) in [4.78, 5) is 10.2. The SMILES string of the molecule is C1=CCCC(c2ccc(-c3c4ccccc4c(-c4ccc(-c5ccccc5)cc4)c4cc(C5=NC6c7ncccc7C=CC6C=C5)ccc34)cc2)=C1. The molecule has 0 saturated heterocycles. The number of fused-ring (bicyclic) bond motifs is 5. The largest absolute Gasteiger partial charge is 0.274 e. The van der Waals surface area contributed by atoms with Crippen LogP contribution < -0.4 is 0 Å². The molecule has 7 aromatic rings. The normalized spacial score (nSPS) is 17.5. The monoisotopic (exact) mass is 664 g/mol. The van der Waals surface area contributed by atoms with E-state index in [1.54, 1.807) is 0 Å². The van der Waals surface area contributed by atoms with Gasteiger partial charge < -0.3 is 0 Å². The lowest BCUT2D eigenvalue weighted by Crippen LogP contribution is -2.19. The highest BCUT2D eigenvalue weighted by Gasteiger charge is 2.28. The van der Waals surface area contributed by atoms with Crippen LogP contribution in [0.3, 0.4) is 0 Å². The molecule has 0 N–H and O–H groups in total. The first-order chi connectivity index (χ1) is 25.8. The number of allylic oxidation sites excluding steroid dienone is 5. The Morgan fingerprint density at radius 1 is 0.519 bits per heavy atom. The van der Waals surface area contributed by atoms with Gasteiger partial charge in [-0.25, -0.2) is 0 Å². The fraction of sp³-hybridized carbons (Fsp3) is 0.0800. The molecule has 246 valence electrons. The van der Waals surface area contributed by atoms with Crippen molar-refractivity contribution >= 4 is 38.9 Å². The molecule has 0 saturated carbocycles. The lowest BCUT2D eigenvalue weighted by molar-refractivity contribution is 0.591. The van der Waals surface area contributed by atoms with Gasteiger partial charge in [-0.05, 0) is 103 Å².